The zero-order chi connectivity index (χ0) is 28.6. The number of nitrogens with one attached hydrogen (secondary N) is 1. The number of hydrogen-bond donors (Lipinski definition) is 1. The number of rotatable bonds is 12. The fourth-order valence-corrected chi connectivity index (χ4v) is 5.64. The highest BCUT2D eigenvalue weighted by Gasteiger charge is 2.33. The van der Waals surface area contributed by atoms with Crippen molar-refractivity contribution in [3.05, 3.63) is 89.5 Å². The molecule has 0 saturated heterocycles. The van der Waals surface area contributed by atoms with Gasteiger partial charge >= 0.3 is 0 Å². The van der Waals surface area contributed by atoms with Gasteiger partial charge in [0.25, 0.3) is 10.0 Å². The van der Waals surface area contributed by atoms with E-state index >= 15 is 0 Å². The number of ether oxygens (including phenoxy) is 1. The minimum atomic E-state index is -4.14. The van der Waals surface area contributed by atoms with Gasteiger partial charge in [-0.3, -0.25) is 13.9 Å². The molecule has 208 valence electrons. The zero-order valence-electron chi connectivity index (χ0n) is 23.2. The minimum Gasteiger partial charge on any atom is -0.497 e. The number of aryl methyl sites for hydroxylation is 2. The number of carbonyl (C=O) groups excluding carboxylic acids is 2. The quantitative estimate of drug-likeness (QED) is 0.359. The number of nitrogens with zero attached hydrogens (tertiary/aromatic N) is 2. The van der Waals surface area contributed by atoms with E-state index in [1.807, 2.05) is 52.0 Å². The van der Waals surface area contributed by atoms with E-state index < -0.39 is 28.5 Å². The Hall–Kier alpha value is -3.85. The van der Waals surface area contributed by atoms with Crippen molar-refractivity contribution < 1.29 is 22.7 Å². The summed E-state index contributed by atoms with van der Waals surface area (Å²) in [7, 11) is -2.65. The summed E-state index contributed by atoms with van der Waals surface area (Å²) in [4.78, 5) is 28.5. The van der Waals surface area contributed by atoms with Crippen LogP contribution in [0.5, 0.6) is 5.75 Å². The van der Waals surface area contributed by atoms with Crippen molar-refractivity contribution in [2.45, 2.75) is 51.6 Å². The molecule has 39 heavy (non-hydrogen) atoms. The van der Waals surface area contributed by atoms with Gasteiger partial charge in [0.05, 0.1) is 17.7 Å². The summed E-state index contributed by atoms with van der Waals surface area (Å²) < 4.78 is 34.2. The number of amides is 2. The van der Waals surface area contributed by atoms with E-state index in [1.165, 1.54) is 24.1 Å². The molecule has 3 rings (SSSR count). The normalized spacial score (nSPS) is 11.9. The van der Waals surface area contributed by atoms with Crippen molar-refractivity contribution in [1.82, 2.24) is 10.2 Å². The number of likely N-dealkylation sites (N-methyl/N-ethyl adjacent to an activating group) is 1. The molecule has 3 aromatic carbocycles. The van der Waals surface area contributed by atoms with Crippen molar-refractivity contribution in [2.75, 3.05) is 24.5 Å². The van der Waals surface area contributed by atoms with Crippen molar-refractivity contribution in [3.63, 3.8) is 0 Å². The number of sulfonamides is 1. The molecule has 2 amide bonds. The average molecular weight is 552 g/mol. The second kappa shape index (κ2) is 13.3. The molecule has 3 aromatic rings. The van der Waals surface area contributed by atoms with Crippen LogP contribution in [0.2, 0.25) is 0 Å². The first kappa shape index (κ1) is 29.7. The summed E-state index contributed by atoms with van der Waals surface area (Å²) in [5, 5.41) is 2.81. The Bertz CT molecular complexity index is 1370. The van der Waals surface area contributed by atoms with E-state index in [1.54, 1.807) is 36.4 Å². The monoisotopic (exact) mass is 551 g/mol. The molecular weight excluding hydrogens is 514 g/mol. The molecule has 1 N–H and O–H groups in total. The van der Waals surface area contributed by atoms with Gasteiger partial charge < -0.3 is 15.0 Å². The third kappa shape index (κ3) is 7.38. The lowest BCUT2D eigenvalue weighted by molar-refractivity contribution is -0.140. The molecule has 0 aliphatic carbocycles. The first-order chi connectivity index (χ1) is 18.6. The number of benzene rings is 3. The Balaban J connectivity index is 2.07. The Morgan fingerprint density at radius 1 is 0.923 bits per heavy atom. The Morgan fingerprint density at radius 3 is 2.10 bits per heavy atom. The summed E-state index contributed by atoms with van der Waals surface area (Å²) in [6.45, 7) is 7.57. The lowest BCUT2D eigenvalue weighted by Crippen LogP contribution is -2.52. The molecule has 1 atom stereocenters. The van der Waals surface area contributed by atoms with Crippen LogP contribution >= 0.6 is 0 Å². The summed E-state index contributed by atoms with van der Waals surface area (Å²) in [6.07, 6.45) is 0.368. The predicted molar refractivity (Wildman–Crippen MR) is 153 cm³/mol. The van der Waals surface area contributed by atoms with Crippen LogP contribution in [0.3, 0.4) is 0 Å². The Labute approximate surface area is 231 Å². The first-order valence-corrected chi connectivity index (χ1v) is 14.4. The predicted octanol–water partition coefficient (Wildman–Crippen LogP) is 4.45. The van der Waals surface area contributed by atoms with Gasteiger partial charge in [0, 0.05) is 19.2 Å². The largest absolute Gasteiger partial charge is 0.497 e. The van der Waals surface area contributed by atoms with Gasteiger partial charge in [-0.05, 0) is 57.0 Å². The van der Waals surface area contributed by atoms with Crippen LogP contribution in [0, 0.1) is 13.8 Å². The summed E-state index contributed by atoms with van der Waals surface area (Å²) in [5.41, 5.74) is 3.10. The fourth-order valence-electron chi connectivity index (χ4n) is 4.23. The van der Waals surface area contributed by atoms with Crippen LogP contribution in [0.1, 0.15) is 37.0 Å². The molecule has 0 spiro atoms. The second-order valence-electron chi connectivity index (χ2n) is 9.35. The van der Waals surface area contributed by atoms with Crippen molar-refractivity contribution in [3.8, 4) is 5.75 Å². The van der Waals surface area contributed by atoms with E-state index in [0.717, 1.165) is 21.0 Å². The van der Waals surface area contributed by atoms with Crippen LogP contribution in [0.15, 0.2) is 77.7 Å². The van der Waals surface area contributed by atoms with E-state index in [2.05, 4.69) is 5.32 Å². The van der Waals surface area contributed by atoms with Crippen LogP contribution in [-0.2, 0) is 26.2 Å². The first-order valence-electron chi connectivity index (χ1n) is 13.0. The fraction of sp³-hybridized carbons (Fsp3) is 0.333. The summed E-state index contributed by atoms with van der Waals surface area (Å²) >= 11 is 0. The molecule has 0 fully saturated rings. The molecule has 0 bridgehead atoms. The molecule has 0 heterocycles. The highest BCUT2D eigenvalue weighted by molar-refractivity contribution is 7.92. The van der Waals surface area contributed by atoms with Gasteiger partial charge in [0.15, 0.2) is 0 Å². The molecule has 0 aliphatic rings. The van der Waals surface area contributed by atoms with Gasteiger partial charge in [0.2, 0.25) is 11.8 Å². The molecule has 0 aromatic heterocycles. The lowest BCUT2D eigenvalue weighted by Gasteiger charge is -2.33. The van der Waals surface area contributed by atoms with Gasteiger partial charge in [-0.1, -0.05) is 60.5 Å². The van der Waals surface area contributed by atoms with Crippen LogP contribution < -0.4 is 14.4 Å². The maximum absolute atomic E-state index is 14.0. The third-order valence-electron chi connectivity index (χ3n) is 6.44. The molecular formula is C30H37N3O5S. The number of hydrogen-bond acceptors (Lipinski definition) is 5. The van der Waals surface area contributed by atoms with E-state index in [0.29, 0.717) is 18.7 Å². The van der Waals surface area contributed by atoms with Crippen molar-refractivity contribution in [1.29, 1.82) is 0 Å². The maximum atomic E-state index is 14.0. The highest BCUT2D eigenvalue weighted by atomic mass is 32.2. The van der Waals surface area contributed by atoms with Crippen LogP contribution in [-0.4, -0.2) is 51.4 Å². The van der Waals surface area contributed by atoms with Gasteiger partial charge in [-0.25, -0.2) is 8.42 Å². The standard InChI is InChI=1S/C30H37N3O5S/c1-6-28(30(35)31-7-2)32(20-24-15-11-22(3)12-16-24)29(34)21-33(25-9-8-10-26(19-25)38-5)39(36,37)27-17-13-23(4)14-18-27/h8-19,28H,6-7,20-21H2,1-5H3,(H,31,35). The summed E-state index contributed by atoms with van der Waals surface area (Å²) in [5.74, 6) is -0.323. The van der Waals surface area contributed by atoms with E-state index in [9.17, 15) is 18.0 Å². The minimum absolute atomic E-state index is 0.0598. The summed E-state index contributed by atoms with van der Waals surface area (Å²) in [6, 6.07) is 20.0. The van der Waals surface area contributed by atoms with Crippen LogP contribution in [0.4, 0.5) is 5.69 Å². The number of carbonyl (C=O) groups is 2. The van der Waals surface area contributed by atoms with Gasteiger partial charge in [-0.2, -0.15) is 0 Å². The maximum Gasteiger partial charge on any atom is 0.264 e. The molecule has 0 saturated carbocycles. The number of anilines is 1. The third-order valence-corrected chi connectivity index (χ3v) is 8.23. The molecule has 0 radical (unpaired) electrons. The van der Waals surface area contributed by atoms with E-state index in [4.69, 9.17) is 4.74 Å². The molecule has 8 nitrogen and oxygen atoms in total. The van der Waals surface area contributed by atoms with Gasteiger partial charge in [-0.15, -0.1) is 0 Å². The van der Waals surface area contributed by atoms with Crippen molar-refractivity contribution >= 4 is 27.5 Å². The second-order valence-corrected chi connectivity index (χ2v) is 11.2. The van der Waals surface area contributed by atoms with Crippen molar-refractivity contribution in [2.24, 2.45) is 0 Å². The zero-order valence-corrected chi connectivity index (χ0v) is 24.0. The topological polar surface area (TPSA) is 96.0 Å². The average Bonchev–Trinajstić information content (AvgIpc) is 2.92. The van der Waals surface area contributed by atoms with E-state index in [-0.39, 0.29) is 23.0 Å². The smallest absolute Gasteiger partial charge is 0.264 e. The molecule has 0 aliphatic heterocycles. The molecule has 9 heteroatoms. The number of methoxy groups -OCH3 is 1. The Kier molecular flexibility index (Phi) is 10.1. The van der Waals surface area contributed by atoms with Gasteiger partial charge in [0.1, 0.15) is 18.3 Å². The molecule has 1 unspecified atom stereocenters. The Morgan fingerprint density at radius 2 is 1.54 bits per heavy atom. The SMILES string of the molecule is CCNC(=O)C(CC)N(Cc1ccc(C)cc1)C(=O)CN(c1cccc(OC)c1)S(=O)(=O)c1ccc(C)cc1. The highest BCUT2D eigenvalue weighted by Crippen LogP contribution is 2.28. The lowest BCUT2D eigenvalue weighted by atomic mass is 10.1. The van der Waals surface area contributed by atoms with Crippen LogP contribution in [0.25, 0.3) is 0 Å².